The molecule has 0 aliphatic heterocycles. The first-order valence-corrected chi connectivity index (χ1v) is 51.5. The first-order chi connectivity index (χ1) is 24.5. The second-order valence-electron chi connectivity index (χ2n) is 6.59. The van der Waals surface area contributed by atoms with E-state index in [1.807, 2.05) is 0 Å². The van der Waals surface area contributed by atoms with E-state index in [1.54, 1.807) is 0 Å². The van der Waals surface area contributed by atoms with Crippen molar-refractivity contribution in [2.24, 2.45) is 0 Å². The predicted molar refractivity (Wildman–Crippen MR) is 59.1 cm³/mol. The molecule has 0 fully saturated rings. The van der Waals surface area contributed by atoms with E-state index in [0.29, 0.717) is 0 Å². The largest absolute Gasteiger partial charge is 3.00 e. The van der Waals surface area contributed by atoms with Gasteiger partial charge in [0, 0.05) is 10.4 Å². The maximum Gasteiger partial charge on any atom is 3.00 e. The minimum atomic E-state index is -8.82. The van der Waals surface area contributed by atoms with Crippen LogP contribution in [0.3, 0.4) is 0 Å². The molecule has 0 saturated carbocycles. The third-order valence-electron chi connectivity index (χ3n) is 2.05. The quantitative estimate of drug-likeness (QED) is 0.0375. The minimum absolute atomic E-state index is 0. The van der Waals surface area contributed by atoms with Crippen LogP contribution in [0, 0.1) is 0 Å². The van der Waals surface area contributed by atoms with Crippen LogP contribution in [0.2, 0.25) is 0 Å². The molecule has 0 heterocycles. The molecule has 0 atom stereocenters. The first kappa shape index (κ1) is 75.6. The molecule has 0 saturated heterocycles. The van der Waals surface area contributed by atoms with Crippen LogP contribution < -0.4 is 11.3 Å². The van der Waals surface area contributed by atoms with Gasteiger partial charge in [0.2, 0.25) is 0 Å². The number of hydrogen-bond donors (Lipinski definition) is 0. The molecular weight excluding hydrogens is 2150 g/mol. The molecule has 0 unspecified atom stereocenters. The Morgan fingerprint density at radius 3 is 0.574 bits per heavy atom. The summed E-state index contributed by atoms with van der Waals surface area (Å²) in [5, 5.41) is 0. The van der Waals surface area contributed by atoms with E-state index in [-0.39, 0.29) is 85.7 Å². The molecule has 0 radical (unpaired) electrons. The van der Waals surface area contributed by atoms with Gasteiger partial charge in [-0.2, -0.15) is 0 Å². The summed E-state index contributed by atoms with van der Waals surface area (Å²) in [6.07, 6.45) is 0. The van der Waals surface area contributed by atoms with Crippen LogP contribution in [-0.2, 0) is 345 Å². The molecule has 0 aliphatic carbocycles. The molecule has 44 nitrogen and oxygen atoms in total. The molecular formula is AlBaMo12O44PSZn+2. The molecule has 0 amide bonds. The van der Waals surface area contributed by atoms with Gasteiger partial charge >= 0.3 is 420 Å². The summed E-state index contributed by atoms with van der Waals surface area (Å²) in [6, 6.07) is 0. The Labute approximate surface area is 437 Å². The molecule has 0 rings (SSSR count). The third-order valence-corrected chi connectivity index (χ3v) is 62.2. The molecule has 0 N–H and O–H groups in total. The Morgan fingerprint density at radius 2 is 0.443 bits per heavy atom. The second-order valence-corrected chi connectivity index (χ2v) is 57.0. The van der Waals surface area contributed by atoms with Gasteiger partial charge in [0.25, 0.3) is 0 Å². The van der Waals surface area contributed by atoms with E-state index in [9.17, 15) is 97.4 Å². The molecule has 61 heteroatoms. The van der Waals surface area contributed by atoms with Gasteiger partial charge < -0.3 is 9.11 Å². The van der Waals surface area contributed by atoms with Gasteiger partial charge in [0.05, 0.1) is 0 Å². The summed E-state index contributed by atoms with van der Waals surface area (Å²) in [5.41, 5.74) is 0. The summed E-state index contributed by atoms with van der Waals surface area (Å²) in [5.74, 6) is 0. The van der Waals surface area contributed by atoms with E-state index in [2.05, 4.69) is 27.9 Å². The topological polar surface area (TPSA) is 687 Å². The van der Waals surface area contributed by atoms with Crippen LogP contribution in [0.4, 0.5) is 0 Å². The minimum Gasteiger partial charge on any atom is -0.759 e. The van der Waals surface area contributed by atoms with Crippen LogP contribution in [0.25, 0.3) is 0 Å². The van der Waals surface area contributed by atoms with Crippen molar-refractivity contribution in [3.05, 3.63) is 0 Å². The fourth-order valence-electron chi connectivity index (χ4n) is 1.40. The van der Waals surface area contributed by atoms with Crippen LogP contribution in [0.5, 0.6) is 0 Å². The summed E-state index contributed by atoms with van der Waals surface area (Å²) >= 11 is -98.5. The molecule has 61 heavy (non-hydrogen) atoms. The molecule has 0 aromatic heterocycles. The van der Waals surface area contributed by atoms with Crippen LogP contribution >= 0.6 is 7.82 Å². The molecule has 0 bridgehead atoms. The second kappa shape index (κ2) is 26.6. The van der Waals surface area contributed by atoms with Crippen molar-refractivity contribution in [2.45, 2.75) is 0 Å². The van der Waals surface area contributed by atoms with Crippen molar-refractivity contribution in [1.82, 2.24) is 0 Å². The van der Waals surface area contributed by atoms with Gasteiger partial charge in [-0.05, 0) is 0 Å². The van der Waals surface area contributed by atoms with Crippen LogP contribution in [0.1, 0.15) is 0 Å². The Bertz CT molecular complexity index is 2780. The fraction of sp³-hybridized carbons (Fsp3) is 0. The van der Waals surface area contributed by atoms with Crippen molar-refractivity contribution in [3.63, 3.8) is 0 Å². The van der Waals surface area contributed by atoms with Gasteiger partial charge in [-0.3, -0.25) is 8.42 Å². The Morgan fingerprint density at radius 1 is 0.328 bits per heavy atom. The van der Waals surface area contributed by atoms with E-state index < -0.39 is 219 Å². The van der Waals surface area contributed by atoms with Crippen molar-refractivity contribution >= 4 is 84.5 Å². The number of hydrogen-bond acceptors (Lipinski definition) is 44. The molecule has 0 spiro atoms. The predicted octanol–water partition coefficient (Wildman–Crippen LogP) is -8.63. The van der Waals surface area contributed by atoms with Gasteiger partial charge in [0.15, 0.2) is 0 Å². The third kappa shape index (κ3) is 44.1. The average Bonchev–Trinajstić information content (AvgIpc) is 2.63. The Kier molecular flexibility index (Phi) is 33.0. The number of rotatable bonds is 24. The SMILES string of the molecule is O=P([O][Mo](=[O])(=[O])[O][Mo](=[O])(=[O])[O][Mo](=[O])(=[O])[O][Mo](=[O])(=[O])[O-])([O][Mo](=[O])(=[O])[O][Mo](=[O])(=[O])[O][Mo](=[O])(=[O])[O][Mo](=[O])(=[O])[O-])[O][Mo](=[O])(=[O])[O][Mo](=[O])(=[O])[O][Mo](=[O])(=[O])[O][Mo](=[O])(=[O])[O-].O=S(=O)([O-])[O-].[Al+3].[Ba+2].[Zn+2]. The molecule has 0 aromatic carbocycles. The van der Waals surface area contributed by atoms with Crippen LogP contribution in [0.15, 0.2) is 0 Å². The van der Waals surface area contributed by atoms with Crippen molar-refractivity contribution in [2.75, 3.05) is 0 Å². The van der Waals surface area contributed by atoms with Gasteiger partial charge in [-0.1, -0.05) is 0 Å². The van der Waals surface area contributed by atoms with Gasteiger partial charge in [-0.25, -0.2) is 0 Å². The number of phosphoric acid groups is 1. The van der Waals surface area contributed by atoms with Crippen LogP contribution in [-0.4, -0.2) is 83.8 Å². The van der Waals surface area contributed by atoms with E-state index in [1.165, 1.54) is 0 Å². The zero-order chi connectivity index (χ0) is 47.5. The maximum absolute atomic E-state index is 12.7. The van der Waals surface area contributed by atoms with Gasteiger partial charge in [-0.15, -0.1) is 0 Å². The Hall–Kier alpha value is 5.69. The molecule has 0 aromatic rings. The van der Waals surface area contributed by atoms with E-state index in [0.717, 1.165) is 0 Å². The van der Waals surface area contributed by atoms with Crippen molar-refractivity contribution < 1.29 is 363 Å². The zero-order valence-corrected chi connectivity index (χ0v) is 60.1. The molecule has 352 valence electrons. The smallest absolute Gasteiger partial charge is 0.759 e. The average molecular weight is 2150 g/mol. The maximum atomic E-state index is 12.7. The van der Waals surface area contributed by atoms with Gasteiger partial charge in [0.1, 0.15) is 0 Å². The Balaban J connectivity index is -0.00000123. The summed E-state index contributed by atoms with van der Waals surface area (Å²) in [4.78, 5) is 0. The molecule has 0 aliphatic rings. The standard InChI is InChI=1S/Al.Ba.12Mo.H3O4P.H2O4S.36O.Zn/c;;;;;;;;;;;;;;2*1-5(2,3)4;;;;;;;;;;;;;;;;;;;;;;;;;;;;;;;;;;;;;/h;;;;;;;;;;;;;;(H3,1,2,3,4);(H2,1,2,3,4);;;;;;;;;;;;;;;;;;;;;;;;;;;;;;;;;;;;;/q+3;+2;;;;;;;;;;3*+1;;;;;;;;;;;;;;;;;;;;;;;;;;;;;;;;;;;;3*-1;+2/p-5. The van der Waals surface area contributed by atoms with Crippen molar-refractivity contribution in [1.29, 1.82) is 0 Å². The van der Waals surface area contributed by atoms with Crippen molar-refractivity contribution in [3.8, 4) is 0 Å². The van der Waals surface area contributed by atoms with E-state index >= 15 is 0 Å². The monoisotopic (exact) mass is 2170 g/mol. The summed E-state index contributed by atoms with van der Waals surface area (Å²) in [7, 11) is -13.1. The summed E-state index contributed by atoms with van der Waals surface area (Å²) < 4.78 is 385. The summed E-state index contributed by atoms with van der Waals surface area (Å²) in [6.45, 7) is 0. The first-order valence-electron chi connectivity index (χ1n) is 9.40. The van der Waals surface area contributed by atoms with E-state index in [4.69, 9.17) is 17.5 Å². The zero-order valence-electron chi connectivity index (χ0n) is 25.7. The fourth-order valence-corrected chi connectivity index (χ4v) is 60.0. The normalized spacial score (nSPS) is 14.5.